The smallest absolute Gasteiger partial charge is 0.128 e. The molecule has 0 spiro atoms. The fourth-order valence-electron chi connectivity index (χ4n) is 7.44. The molecule has 0 N–H and O–H groups in total. The van der Waals surface area contributed by atoms with Crippen molar-refractivity contribution in [1.29, 1.82) is 0 Å². The van der Waals surface area contributed by atoms with E-state index >= 15 is 0 Å². The van der Waals surface area contributed by atoms with Gasteiger partial charge in [-0.3, -0.25) is 0 Å². The summed E-state index contributed by atoms with van der Waals surface area (Å²) in [5, 5.41) is 0. The van der Waals surface area contributed by atoms with Crippen molar-refractivity contribution in [3.05, 3.63) is 174 Å². The highest BCUT2D eigenvalue weighted by Crippen LogP contribution is 2.48. The van der Waals surface area contributed by atoms with Crippen LogP contribution >= 0.6 is 0 Å². The van der Waals surface area contributed by atoms with Crippen LogP contribution < -0.4 is 4.90 Å². The van der Waals surface area contributed by atoms with Gasteiger partial charge in [-0.1, -0.05) is 110 Å². The Bertz CT molecular complexity index is 1850. The van der Waals surface area contributed by atoms with Gasteiger partial charge in [0.25, 0.3) is 0 Å². The summed E-state index contributed by atoms with van der Waals surface area (Å²) in [6.07, 6.45) is 29.6. The highest BCUT2D eigenvalue weighted by molar-refractivity contribution is 5.85. The van der Waals surface area contributed by atoms with Crippen molar-refractivity contribution in [2.24, 2.45) is 11.8 Å². The Morgan fingerprint density at radius 2 is 1.51 bits per heavy atom. The van der Waals surface area contributed by atoms with Crippen molar-refractivity contribution < 1.29 is 4.74 Å². The van der Waals surface area contributed by atoms with Gasteiger partial charge in [0.15, 0.2) is 0 Å². The van der Waals surface area contributed by atoms with Gasteiger partial charge in [0.2, 0.25) is 0 Å². The van der Waals surface area contributed by atoms with Gasteiger partial charge in [-0.05, 0) is 95.5 Å². The molecule has 0 saturated carbocycles. The predicted molar refractivity (Wildman–Crippen MR) is 188 cm³/mol. The fourth-order valence-corrected chi connectivity index (χ4v) is 7.44. The second-order valence-electron chi connectivity index (χ2n) is 12.8. The lowest BCUT2D eigenvalue weighted by Crippen LogP contribution is -2.35. The molecule has 0 aromatic heterocycles. The fraction of sp³-hybridized carbons (Fsp3) is 0.209. The molecule has 4 unspecified atom stereocenters. The second-order valence-corrected chi connectivity index (χ2v) is 12.8. The molecule has 8 rings (SSSR count). The number of ether oxygens (including phenoxy) is 1. The Hall–Kier alpha value is -4.82. The van der Waals surface area contributed by atoms with Gasteiger partial charge in [0.1, 0.15) is 11.9 Å². The van der Waals surface area contributed by atoms with Crippen molar-refractivity contribution >= 4 is 16.8 Å². The van der Waals surface area contributed by atoms with E-state index in [1.165, 1.54) is 50.4 Å². The minimum absolute atomic E-state index is 0.0322. The molecule has 1 fully saturated rings. The lowest BCUT2D eigenvalue weighted by atomic mass is 9.81. The number of hydrogen-bond acceptors (Lipinski definition) is 2. The molecule has 1 heterocycles. The molecule has 4 aliphatic carbocycles. The Morgan fingerprint density at radius 3 is 2.31 bits per heavy atom. The third-order valence-corrected chi connectivity index (χ3v) is 9.63. The van der Waals surface area contributed by atoms with Gasteiger partial charge in [0.05, 0.1) is 6.04 Å². The number of hydrogen-bond donors (Lipinski definition) is 0. The maximum absolute atomic E-state index is 6.86. The standard InChI is InChI=1S/C43H39NO/c1-30-14-13-21-37(24-30)44(36-19-9-4-10-20-36)38-28-40(43-41(29-38)39-22-11-12-23-42(39)45-43)35-26-33(31-15-5-2-6-16-31)25-34(27-35)32-17-7-3-8-18-32/h2,4-7,9-13,15-27,29-30,38-39,42H,3,8,14,28H2,1H3. The highest BCUT2D eigenvalue weighted by Gasteiger charge is 2.41. The molecule has 45 heavy (non-hydrogen) atoms. The molecule has 0 bridgehead atoms. The number of rotatable bonds is 6. The van der Waals surface area contributed by atoms with E-state index in [-0.39, 0.29) is 18.1 Å². The monoisotopic (exact) mass is 585 g/mol. The van der Waals surface area contributed by atoms with E-state index in [1.807, 2.05) is 0 Å². The van der Waals surface area contributed by atoms with Crippen LogP contribution in [0.2, 0.25) is 0 Å². The lowest BCUT2D eigenvalue weighted by Gasteiger charge is -2.37. The van der Waals surface area contributed by atoms with Gasteiger partial charge in [-0.2, -0.15) is 0 Å². The summed E-state index contributed by atoms with van der Waals surface area (Å²) >= 11 is 0. The number of nitrogens with zero attached hydrogens (tertiary/aromatic N) is 1. The first-order valence-electron chi connectivity index (χ1n) is 16.5. The van der Waals surface area contributed by atoms with E-state index in [9.17, 15) is 0 Å². The van der Waals surface area contributed by atoms with Crippen molar-refractivity contribution in [1.82, 2.24) is 0 Å². The van der Waals surface area contributed by atoms with Gasteiger partial charge in [-0.15, -0.1) is 0 Å². The highest BCUT2D eigenvalue weighted by atomic mass is 16.5. The summed E-state index contributed by atoms with van der Waals surface area (Å²) in [5.41, 5.74) is 11.4. The summed E-state index contributed by atoms with van der Waals surface area (Å²) in [4.78, 5) is 2.56. The number of para-hydroxylation sites is 1. The summed E-state index contributed by atoms with van der Waals surface area (Å²) in [7, 11) is 0. The molecule has 4 atom stereocenters. The van der Waals surface area contributed by atoms with Gasteiger partial charge < -0.3 is 9.64 Å². The minimum atomic E-state index is 0.0322. The zero-order chi connectivity index (χ0) is 30.2. The number of fused-ring (bicyclic) bond motifs is 3. The summed E-state index contributed by atoms with van der Waals surface area (Å²) in [6, 6.07) is 29.0. The molecule has 1 saturated heterocycles. The summed E-state index contributed by atoms with van der Waals surface area (Å²) in [5.74, 6) is 1.79. The lowest BCUT2D eigenvalue weighted by molar-refractivity contribution is 0.185. The van der Waals surface area contributed by atoms with Crippen LogP contribution in [0.1, 0.15) is 43.7 Å². The number of allylic oxidation sites excluding steroid dienone is 10. The number of benzene rings is 3. The molecular weight excluding hydrogens is 546 g/mol. The van der Waals surface area contributed by atoms with Crippen LogP contribution in [0, 0.1) is 11.8 Å². The molecule has 3 aromatic rings. The van der Waals surface area contributed by atoms with Crippen LogP contribution in [0.5, 0.6) is 0 Å². The first-order valence-corrected chi connectivity index (χ1v) is 16.5. The second kappa shape index (κ2) is 11.9. The van der Waals surface area contributed by atoms with E-state index in [1.54, 1.807) is 0 Å². The summed E-state index contributed by atoms with van der Waals surface area (Å²) < 4.78 is 6.86. The quantitative estimate of drug-likeness (QED) is 0.285. The molecule has 2 nitrogen and oxygen atoms in total. The van der Waals surface area contributed by atoms with Crippen LogP contribution in [0.4, 0.5) is 5.69 Å². The van der Waals surface area contributed by atoms with E-state index in [4.69, 9.17) is 4.74 Å². The summed E-state index contributed by atoms with van der Waals surface area (Å²) in [6.45, 7) is 2.31. The average Bonchev–Trinajstić information content (AvgIpc) is 3.48. The van der Waals surface area contributed by atoms with Crippen LogP contribution in [-0.2, 0) is 4.74 Å². The Kier molecular flexibility index (Phi) is 7.35. The van der Waals surface area contributed by atoms with E-state index in [0.717, 1.165) is 31.4 Å². The molecule has 1 aliphatic heterocycles. The van der Waals surface area contributed by atoms with Gasteiger partial charge >= 0.3 is 0 Å². The molecule has 0 amide bonds. The van der Waals surface area contributed by atoms with Crippen LogP contribution in [0.15, 0.2) is 163 Å². The van der Waals surface area contributed by atoms with Crippen molar-refractivity contribution in [2.75, 3.05) is 4.90 Å². The van der Waals surface area contributed by atoms with Crippen molar-refractivity contribution in [3.63, 3.8) is 0 Å². The van der Waals surface area contributed by atoms with Crippen LogP contribution in [-0.4, -0.2) is 12.1 Å². The maximum atomic E-state index is 6.86. The first kappa shape index (κ1) is 27.7. The van der Waals surface area contributed by atoms with Crippen molar-refractivity contribution in [2.45, 2.75) is 44.8 Å². The Balaban J connectivity index is 1.31. The largest absolute Gasteiger partial charge is 0.485 e. The first-order chi connectivity index (χ1) is 22.2. The van der Waals surface area contributed by atoms with E-state index < -0.39 is 0 Å². The molecule has 3 aromatic carbocycles. The Labute approximate surface area is 267 Å². The van der Waals surface area contributed by atoms with Crippen LogP contribution in [0.25, 0.3) is 22.3 Å². The SMILES string of the molecule is CC1C=C(N(c2ccccc2)C2C=C3C(=C(c4cc(C5=CCCC=C5)cc(-c5ccccc5)c4)C2)OC2C=CC=CC32)C=CC1. The molecule has 5 aliphatic rings. The zero-order valence-electron chi connectivity index (χ0n) is 25.8. The molecule has 2 heteroatoms. The van der Waals surface area contributed by atoms with Crippen molar-refractivity contribution in [3.8, 4) is 11.1 Å². The third kappa shape index (κ3) is 5.40. The third-order valence-electron chi connectivity index (χ3n) is 9.63. The minimum Gasteiger partial charge on any atom is -0.485 e. The van der Waals surface area contributed by atoms with E-state index in [2.05, 4.69) is 158 Å². The molecule has 0 radical (unpaired) electrons. The molecular formula is C43H39NO. The van der Waals surface area contributed by atoms with E-state index in [0.29, 0.717) is 5.92 Å². The van der Waals surface area contributed by atoms with Gasteiger partial charge in [0, 0.05) is 34.9 Å². The molecule has 222 valence electrons. The number of anilines is 1. The maximum Gasteiger partial charge on any atom is 0.128 e. The average molecular weight is 586 g/mol. The normalized spacial score (nSPS) is 24.8. The topological polar surface area (TPSA) is 12.5 Å². The zero-order valence-corrected chi connectivity index (χ0v) is 25.8. The van der Waals surface area contributed by atoms with Crippen LogP contribution in [0.3, 0.4) is 0 Å². The predicted octanol–water partition coefficient (Wildman–Crippen LogP) is 10.6. The van der Waals surface area contributed by atoms with Gasteiger partial charge in [-0.25, -0.2) is 0 Å². The Morgan fingerprint density at radius 1 is 0.733 bits per heavy atom.